The Morgan fingerprint density at radius 2 is 1.80 bits per heavy atom. The molecule has 0 aromatic heterocycles. The first-order valence-corrected chi connectivity index (χ1v) is 7.82. The molecule has 0 aliphatic carbocycles. The molecular weight excluding hydrogens is 189 g/mol. The molecule has 0 atom stereocenters. The highest BCUT2D eigenvalue weighted by Gasteiger charge is 2.47. The Bertz CT molecular complexity index is 89.3. The van der Waals surface area contributed by atoms with Crippen LogP contribution in [0.5, 0.6) is 0 Å². The minimum absolute atomic E-state index is 0.805. The zero-order valence-corrected chi connectivity index (χ0v) is 8.73. The lowest BCUT2D eigenvalue weighted by Gasteiger charge is -2.02. The van der Waals surface area contributed by atoms with Gasteiger partial charge in [-0.3, -0.25) is 0 Å². The van der Waals surface area contributed by atoms with E-state index in [1.165, 1.54) is 22.8 Å². The van der Waals surface area contributed by atoms with Gasteiger partial charge in [-0.15, -0.1) is 0 Å². The van der Waals surface area contributed by atoms with E-state index < -0.39 is 6.12 Å². The first-order chi connectivity index (χ1) is 4.68. The molecule has 3 N–H and O–H groups in total. The molecule has 61 valence electrons. The van der Waals surface area contributed by atoms with Gasteiger partial charge in [0, 0.05) is 16.4 Å². The summed E-state index contributed by atoms with van der Waals surface area (Å²) in [6, 6.07) is 0. The maximum Gasteiger partial charge on any atom is 0.504 e. The average molecular weight is 202 g/mol. The zero-order chi connectivity index (χ0) is 8.04. The van der Waals surface area contributed by atoms with E-state index in [2.05, 4.69) is 10.5 Å². The van der Waals surface area contributed by atoms with Crippen LogP contribution in [-0.2, 0) is 9.52 Å². The minimum Gasteiger partial charge on any atom is -0.169 e. The van der Waals surface area contributed by atoms with Crippen molar-refractivity contribution >= 4 is 28.9 Å². The molecule has 0 saturated carbocycles. The maximum absolute atomic E-state index is 11.4. The van der Waals surface area contributed by atoms with Crippen LogP contribution in [0.4, 0.5) is 0 Å². The van der Waals surface area contributed by atoms with Crippen LogP contribution in [-0.4, -0.2) is 11.5 Å². The number of hydrogen-bond donors (Lipinski definition) is 1. The standard InChI is InChI=1S/C4H13NO2PS2/c1-3-9-8(6,7-5)10-4-2/h3-4H2,1-2,5H3/q+2. The molecule has 0 rings (SSSR count). The summed E-state index contributed by atoms with van der Waals surface area (Å²) in [5.74, 6) is 4.80. The lowest BCUT2D eigenvalue weighted by molar-refractivity contribution is -0.637. The van der Waals surface area contributed by atoms with Crippen molar-refractivity contribution in [2.24, 2.45) is 0 Å². The molecule has 0 heterocycles. The third-order valence-corrected chi connectivity index (χ3v) is 8.17. The quantitative estimate of drug-likeness (QED) is 0.546. The van der Waals surface area contributed by atoms with Gasteiger partial charge in [0.2, 0.25) is 0 Å². The Balaban J connectivity index is 3.69. The predicted octanol–water partition coefficient (Wildman–Crippen LogP) is 1.77. The van der Waals surface area contributed by atoms with Crippen molar-refractivity contribution < 1.29 is 15.4 Å². The van der Waals surface area contributed by atoms with Gasteiger partial charge in [-0.25, -0.2) is 0 Å². The van der Waals surface area contributed by atoms with Gasteiger partial charge in [0.1, 0.15) is 22.8 Å². The first kappa shape index (κ1) is 11.0. The highest BCUT2D eigenvalue weighted by Crippen LogP contribution is 2.76. The number of hydrogen-bond acceptors (Lipinski definition) is 3. The lowest BCUT2D eigenvalue weighted by atomic mass is 11.0. The molecule has 0 saturated heterocycles. The number of quaternary nitrogens is 1. The molecule has 6 heteroatoms. The van der Waals surface area contributed by atoms with Crippen molar-refractivity contribution in [1.82, 2.24) is 0 Å². The summed E-state index contributed by atoms with van der Waals surface area (Å²) in [4.78, 5) is 11.4. The van der Waals surface area contributed by atoms with E-state index in [-0.39, 0.29) is 0 Å². The van der Waals surface area contributed by atoms with Crippen LogP contribution < -0.4 is 5.90 Å². The molecular formula is C4H13NO2PS2+2. The minimum atomic E-state index is -2.48. The Labute approximate surface area is 70.0 Å². The van der Waals surface area contributed by atoms with E-state index in [1.807, 2.05) is 13.8 Å². The van der Waals surface area contributed by atoms with E-state index in [1.54, 1.807) is 0 Å². The average Bonchev–Trinajstić information content (AvgIpc) is 1.89. The van der Waals surface area contributed by atoms with Crippen LogP contribution in [0.25, 0.3) is 0 Å². The summed E-state index contributed by atoms with van der Waals surface area (Å²) in [5.41, 5.74) is 0. The van der Waals surface area contributed by atoms with Crippen LogP contribution in [0.2, 0.25) is 0 Å². The second kappa shape index (κ2) is 5.63. The molecule has 0 aromatic rings. The topological polar surface area (TPSA) is 56.8 Å². The van der Waals surface area contributed by atoms with Crippen LogP contribution in [0.15, 0.2) is 0 Å². The molecule has 0 aliphatic rings. The van der Waals surface area contributed by atoms with Crippen LogP contribution in [0, 0.1) is 0 Å². The second-order valence-corrected chi connectivity index (χ2v) is 9.36. The fourth-order valence-electron chi connectivity index (χ4n) is 0.428. The smallest absolute Gasteiger partial charge is 0.169 e. The van der Waals surface area contributed by atoms with E-state index in [9.17, 15) is 4.89 Å². The van der Waals surface area contributed by atoms with Crippen LogP contribution >= 0.6 is 28.9 Å². The van der Waals surface area contributed by atoms with Crippen molar-refractivity contribution in [2.75, 3.05) is 11.5 Å². The fraction of sp³-hybridized carbons (Fsp3) is 1.00. The SMILES string of the molecule is CCS[P+]([O])(O[NH3+])SCC. The van der Waals surface area contributed by atoms with E-state index in [0.29, 0.717) is 0 Å². The van der Waals surface area contributed by atoms with Gasteiger partial charge >= 0.3 is 6.12 Å². The fourth-order valence-corrected chi connectivity index (χ4v) is 6.42. The van der Waals surface area contributed by atoms with Gasteiger partial charge in [-0.05, 0) is 4.62 Å². The van der Waals surface area contributed by atoms with Gasteiger partial charge in [0.15, 0.2) is 0 Å². The predicted molar refractivity (Wildman–Crippen MR) is 47.8 cm³/mol. The summed E-state index contributed by atoms with van der Waals surface area (Å²) < 4.78 is 4.65. The molecule has 0 spiro atoms. The van der Waals surface area contributed by atoms with Crippen molar-refractivity contribution in [3.05, 3.63) is 0 Å². The van der Waals surface area contributed by atoms with Crippen molar-refractivity contribution in [3.63, 3.8) is 0 Å². The van der Waals surface area contributed by atoms with Crippen LogP contribution in [0.3, 0.4) is 0 Å². The molecule has 0 fully saturated rings. The molecule has 10 heavy (non-hydrogen) atoms. The van der Waals surface area contributed by atoms with Gasteiger partial charge in [-0.1, -0.05) is 13.8 Å². The summed E-state index contributed by atoms with van der Waals surface area (Å²) in [6.07, 6.45) is -2.48. The van der Waals surface area contributed by atoms with Crippen molar-refractivity contribution in [1.29, 1.82) is 0 Å². The van der Waals surface area contributed by atoms with E-state index >= 15 is 0 Å². The Kier molecular flexibility index (Phi) is 6.20. The molecule has 0 aromatic carbocycles. The monoisotopic (exact) mass is 202 g/mol. The lowest BCUT2D eigenvalue weighted by Crippen LogP contribution is -2.47. The molecule has 0 unspecified atom stereocenters. The van der Waals surface area contributed by atoms with Gasteiger partial charge in [0.05, 0.1) is 0 Å². The summed E-state index contributed by atoms with van der Waals surface area (Å²) in [5, 5.41) is 0. The normalized spacial score (nSPS) is 12.0. The van der Waals surface area contributed by atoms with Gasteiger partial charge in [0.25, 0.3) is 0 Å². The van der Waals surface area contributed by atoms with E-state index in [4.69, 9.17) is 0 Å². The molecule has 1 radical (unpaired) electrons. The molecule has 0 aliphatic heterocycles. The second-order valence-electron chi connectivity index (χ2n) is 1.41. The van der Waals surface area contributed by atoms with Crippen LogP contribution in [0.1, 0.15) is 13.8 Å². The first-order valence-electron chi connectivity index (χ1n) is 3.01. The zero-order valence-electron chi connectivity index (χ0n) is 6.20. The highest BCUT2D eigenvalue weighted by atomic mass is 33.1. The third kappa shape index (κ3) is 4.01. The highest BCUT2D eigenvalue weighted by molar-refractivity contribution is 8.91. The Hall–Kier alpha value is 1.01. The van der Waals surface area contributed by atoms with Gasteiger partial charge in [-0.2, -0.15) is 5.90 Å². The molecule has 0 amide bonds. The van der Waals surface area contributed by atoms with E-state index in [0.717, 1.165) is 11.5 Å². The summed E-state index contributed by atoms with van der Waals surface area (Å²) >= 11 is 2.67. The third-order valence-electron chi connectivity index (χ3n) is 0.733. The van der Waals surface area contributed by atoms with Crippen molar-refractivity contribution in [2.45, 2.75) is 13.8 Å². The Morgan fingerprint density at radius 1 is 1.40 bits per heavy atom. The molecule has 0 bridgehead atoms. The largest absolute Gasteiger partial charge is 0.504 e. The van der Waals surface area contributed by atoms with Crippen molar-refractivity contribution in [3.8, 4) is 0 Å². The van der Waals surface area contributed by atoms with Gasteiger partial charge < -0.3 is 0 Å². The summed E-state index contributed by atoms with van der Waals surface area (Å²) in [7, 11) is 0. The number of rotatable bonds is 5. The maximum atomic E-state index is 11.4. The summed E-state index contributed by atoms with van der Waals surface area (Å²) in [6.45, 7) is 3.90. The Morgan fingerprint density at radius 3 is 2.00 bits per heavy atom. The molecule has 3 nitrogen and oxygen atoms in total.